The van der Waals surface area contributed by atoms with E-state index in [4.69, 9.17) is 0 Å². The number of rotatable bonds is 25. The molecular formula is C26H53NaO4S. The van der Waals surface area contributed by atoms with Crippen LogP contribution in [0.4, 0.5) is 0 Å². The summed E-state index contributed by atoms with van der Waals surface area (Å²) < 4.78 is 37.1. The maximum absolute atomic E-state index is 10.8. The first kappa shape index (κ1) is 35.0. The van der Waals surface area contributed by atoms with Crippen LogP contribution in [0.1, 0.15) is 155 Å². The van der Waals surface area contributed by atoms with E-state index in [-0.39, 0.29) is 42.1 Å². The molecule has 4 nitrogen and oxygen atoms in total. The molecule has 6 heteroatoms. The minimum atomic E-state index is -4.57. The maximum atomic E-state index is 10.8. The molecular weight excluding hydrogens is 431 g/mol. The molecule has 0 saturated heterocycles. The molecule has 0 atom stereocenters. The van der Waals surface area contributed by atoms with Gasteiger partial charge >= 0.3 is 29.6 Å². The van der Waals surface area contributed by atoms with Crippen LogP contribution >= 0.6 is 0 Å². The van der Waals surface area contributed by atoms with Crippen molar-refractivity contribution in [2.24, 2.45) is 5.92 Å². The first-order valence-electron chi connectivity index (χ1n) is 13.6. The Kier molecular flexibility index (Phi) is 29.0. The zero-order chi connectivity index (χ0) is 23.0. The van der Waals surface area contributed by atoms with E-state index in [1.165, 1.54) is 116 Å². The third-order valence-electron chi connectivity index (χ3n) is 6.38. The van der Waals surface area contributed by atoms with E-state index >= 15 is 0 Å². The molecule has 0 fully saturated rings. The fourth-order valence-corrected chi connectivity index (χ4v) is 4.69. The molecule has 32 heavy (non-hydrogen) atoms. The molecule has 0 saturated carbocycles. The summed E-state index contributed by atoms with van der Waals surface area (Å²) in [6.45, 7) is 4.57. The number of hydrogen-bond acceptors (Lipinski definition) is 4. The van der Waals surface area contributed by atoms with Crippen LogP contribution in [0.15, 0.2) is 0 Å². The van der Waals surface area contributed by atoms with Crippen LogP contribution in [-0.4, -0.2) is 19.6 Å². The molecule has 188 valence electrons. The summed E-state index contributed by atoms with van der Waals surface area (Å²) in [5.41, 5.74) is 0. The average molecular weight is 485 g/mol. The maximum Gasteiger partial charge on any atom is 1.00 e. The van der Waals surface area contributed by atoms with E-state index in [9.17, 15) is 13.0 Å². The van der Waals surface area contributed by atoms with E-state index in [0.29, 0.717) is 0 Å². The third kappa shape index (κ3) is 28.9. The summed E-state index contributed by atoms with van der Waals surface area (Å²) in [6, 6.07) is 0. The Bertz CT molecular complexity index is 433. The fourth-order valence-electron chi connectivity index (χ4n) is 4.33. The summed E-state index contributed by atoms with van der Waals surface area (Å²) in [7, 11) is -4.57. The van der Waals surface area contributed by atoms with Gasteiger partial charge in [0.15, 0.2) is 0 Å². The van der Waals surface area contributed by atoms with Gasteiger partial charge in [-0.1, -0.05) is 142 Å². The Morgan fingerprint density at radius 1 is 0.562 bits per heavy atom. The van der Waals surface area contributed by atoms with E-state index < -0.39 is 10.4 Å². The molecule has 0 rings (SSSR count). The van der Waals surface area contributed by atoms with Crippen LogP contribution in [0.25, 0.3) is 0 Å². The van der Waals surface area contributed by atoms with Crippen molar-refractivity contribution < 1.29 is 46.7 Å². The van der Waals surface area contributed by atoms with E-state index in [2.05, 4.69) is 18.0 Å². The first-order chi connectivity index (χ1) is 15.0. The normalized spacial score (nSPS) is 11.8. The van der Waals surface area contributed by atoms with Gasteiger partial charge in [-0.25, -0.2) is 8.42 Å². The van der Waals surface area contributed by atoms with Crippen molar-refractivity contribution in [1.29, 1.82) is 0 Å². The van der Waals surface area contributed by atoms with Gasteiger partial charge in [-0.05, 0) is 18.8 Å². The molecule has 0 radical (unpaired) electrons. The van der Waals surface area contributed by atoms with Crippen molar-refractivity contribution in [3.63, 3.8) is 0 Å². The topological polar surface area (TPSA) is 66.4 Å². The molecule has 0 aliphatic carbocycles. The summed E-state index contributed by atoms with van der Waals surface area (Å²) >= 11 is 0. The second-order valence-corrected chi connectivity index (χ2v) is 10.6. The Morgan fingerprint density at radius 2 is 0.844 bits per heavy atom. The SMILES string of the molecule is CCCCCCCCCCCCC(CCCCCCCCCCCC)COS(=O)(=O)[O-].[Na+]. The summed E-state index contributed by atoms with van der Waals surface area (Å²) in [4.78, 5) is 0. The molecule has 0 N–H and O–H groups in total. The summed E-state index contributed by atoms with van der Waals surface area (Å²) in [6.07, 6.45) is 27.9. The molecule has 0 heterocycles. The molecule has 0 aliphatic rings. The molecule has 0 aromatic carbocycles. The van der Waals surface area contributed by atoms with Gasteiger partial charge in [0.1, 0.15) is 0 Å². The van der Waals surface area contributed by atoms with Gasteiger partial charge in [-0.15, -0.1) is 0 Å². The summed E-state index contributed by atoms with van der Waals surface area (Å²) in [5.74, 6) is 0.201. The minimum absolute atomic E-state index is 0. The van der Waals surface area contributed by atoms with Crippen molar-refractivity contribution in [1.82, 2.24) is 0 Å². The molecule has 0 amide bonds. The predicted molar refractivity (Wildman–Crippen MR) is 132 cm³/mol. The van der Waals surface area contributed by atoms with Crippen LogP contribution in [0.2, 0.25) is 0 Å². The molecule has 0 aliphatic heterocycles. The Labute approximate surface area is 223 Å². The standard InChI is InChI=1S/C26H54O4S.Na/c1-3-5-7-9-11-13-15-17-19-21-23-26(25-30-31(27,28)29)24-22-20-18-16-14-12-10-8-6-4-2;/h26H,3-25H2,1-2H3,(H,27,28,29);/q;+1/p-1. The van der Waals surface area contributed by atoms with Crippen molar-refractivity contribution in [2.45, 2.75) is 155 Å². The van der Waals surface area contributed by atoms with Gasteiger partial charge in [0.05, 0.1) is 6.61 Å². The quantitative estimate of drug-likeness (QED) is 0.0721. The Morgan fingerprint density at radius 3 is 1.12 bits per heavy atom. The van der Waals surface area contributed by atoms with E-state index in [1.54, 1.807) is 0 Å². The third-order valence-corrected chi connectivity index (χ3v) is 6.80. The zero-order valence-corrected chi connectivity index (χ0v) is 24.7. The predicted octanol–water partition coefficient (Wildman–Crippen LogP) is 5.71. The van der Waals surface area contributed by atoms with Gasteiger partial charge in [-0.3, -0.25) is 4.18 Å². The average Bonchev–Trinajstić information content (AvgIpc) is 2.73. The van der Waals surface area contributed by atoms with E-state index in [1.807, 2.05) is 0 Å². The van der Waals surface area contributed by atoms with Gasteiger partial charge in [0.25, 0.3) is 0 Å². The number of hydrogen-bond donors (Lipinski definition) is 0. The van der Waals surface area contributed by atoms with Gasteiger partial charge in [-0.2, -0.15) is 0 Å². The van der Waals surface area contributed by atoms with Gasteiger partial charge in [0, 0.05) is 0 Å². The van der Waals surface area contributed by atoms with Crippen molar-refractivity contribution >= 4 is 10.4 Å². The minimum Gasteiger partial charge on any atom is -0.726 e. The molecule has 0 spiro atoms. The van der Waals surface area contributed by atoms with Crippen LogP contribution in [0, 0.1) is 5.92 Å². The van der Waals surface area contributed by atoms with Crippen LogP contribution in [0.3, 0.4) is 0 Å². The van der Waals surface area contributed by atoms with Gasteiger partial charge < -0.3 is 4.55 Å². The molecule has 0 bridgehead atoms. The zero-order valence-electron chi connectivity index (χ0n) is 21.9. The second kappa shape index (κ2) is 26.5. The monoisotopic (exact) mass is 484 g/mol. The summed E-state index contributed by atoms with van der Waals surface area (Å²) in [5, 5.41) is 0. The van der Waals surface area contributed by atoms with Crippen molar-refractivity contribution in [3.05, 3.63) is 0 Å². The fraction of sp³-hybridized carbons (Fsp3) is 1.00. The van der Waals surface area contributed by atoms with Crippen LogP contribution < -0.4 is 29.6 Å². The smallest absolute Gasteiger partial charge is 0.726 e. The van der Waals surface area contributed by atoms with Gasteiger partial charge in [0.2, 0.25) is 10.4 Å². The molecule has 0 unspecified atom stereocenters. The second-order valence-electron chi connectivity index (χ2n) is 9.50. The Balaban J connectivity index is 0. The number of unbranched alkanes of at least 4 members (excludes halogenated alkanes) is 18. The van der Waals surface area contributed by atoms with Crippen molar-refractivity contribution in [2.75, 3.05) is 6.61 Å². The molecule has 0 aromatic heterocycles. The largest absolute Gasteiger partial charge is 1.00 e. The molecule has 0 aromatic rings. The first-order valence-corrected chi connectivity index (χ1v) is 14.9. The van der Waals surface area contributed by atoms with Crippen molar-refractivity contribution in [3.8, 4) is 0 Å². The van der Waals surface area contributed by atoms with E-state index in [0.717, 1.165) is 25.7 Å². The Hall–Kier alpha value is 0.870. The van der Waals surface area contributed by atoms with Crippen LogP contribution in [0.5, 0.6) is 0 Å². The van der Waals surface area contributed by atoms with Crippen LogP contribution in [-0.2, 0) is 14.6 Å².